The van der Waals surface area contributed by atoms with Crippen LogP contribution >= 0.6 is 15.9 Å². The summed E-state index contributed by atoms with van der Waals surface area (Å²) in [7, 11) is 0. The molecule has 2 amide bonds. The van der Waals surface area contributed by atoms with Crippen molar-refractivity contribution in [2.75, 3.05) is 0 Å². The first-order valence-corrected chi connectivity index (χ1v) is 11.8. The number of benzene rings is 2. The number of rotatable bonds is 1. The van der Waals surface area contributed by atoms with Crippen LogP contribution in [0.25, 0.3) is 10.8 Å². The molecule has 34 heavy (non-hydrogen) atoms. The number of ketones is 2. The van der Waals surface area contributed by atoms with Crippen molar-refractivity contribution in [1.82, 2.24) is 5.06 Å². The number of phenols is 1. The molecule has 1 heterocycles. The van der Waals surface area contributed by atoms with Gasteiger partial charge in [0.05, 0.1) is 16.3 Å². The Morgan fingerprint density at radius 3 is 2.44 bits per heavy atom. The van der Waals surface area contributed by atoms with Crippen LogP contribution in [-0.2, 0) is 19.2 Å². The molecule has 170 valence electrons. The number of carbonyl (C=O) groups is 4. The van der Waals surface area contributed by atoms with E-state index in [0.29, 0.717) is 16.5 Å². The van der Waals surface area contributed by atoms with E-state index < -0.39 is 35.5 Å². The molecule has 4 atom stereocenters. The van der Waals surface area contributed by atoms with Gasteiger partial charge in [-0.15, -0.1) is 0 Å². The van der Waals surface area contributed by atoms with Crippen molar-refractivity contribution < 1.29 is 29.5 Å². The Bertz CT molecular complexity index is 1450. The molecule has 2 N–H and O–H groups in total. The summed E-state index contributed by atoms with van der Waals surface area (Å²) in [5.41, 5.74) is 2.21. The number of halogens is 1. The minimum Gasteiger partial charge on any atom is -0.507 e. The fraction of sp³-hybridized carbons (Fsp3) is 0.231. The summed E-state index contributed by atoms with van der Waals surface area (Å²) < 4.78 is 0.156. The third-order valence-corrected chi connectivity index (χ3v) is 8.14. The van der Waals surface area contributed by atoms with E-state index in [2.05, 4.69) is 15.9 Å². The maximum Gasteiger partial charge on any atom is 0.257 e. The van der Waals surface area contributed by atoms with Gasteiger partial charge in [0.1, 0.15) is 5.75 Å². The van der Waals surface area contributed by atoms with Gasteiger partial charge in [0.25, 0.3) is 11.8 Å². The van der Waals surface area contributed by atoms with Crippen molar-refractivity contribution >= 4 is 50.1 Å². The van der Waals surface area contributed by atoms with E-state index in [1.54, 1.807) is 24.3 Å². The molecule has 0 saturated carbocycles. The van der Waals surface area contributed by atoms with Gasteiger partial charge in [0.15, 0.2) is 11.6 Å². The molecule has 8 heteroatoms. The van der Waals surface area contributed by atoms with Crippen molar-refractivity contribution in [2.45, 2.75) is 18.8 Å². The summed E-state index contributed by atoms with van der Waals surface area (Å²) in [4.78, 5) is 51.8. The Hall–Kier alpha value is -3.36. The first kappa shape index (κ1) is 21.2. The Morgan fingerprint density at radius 2 is 1.68 bits per heavy atom. The van der Waals surface area contributed by atoms with Gasteiger partial charge >= 0.3 is 0 Å². The first-order valence-electron chi connectivity index (χ1n) is 11.0. The largest absolute Gasteiger partial charge is 0.507 e. The van der Waals surface area contributed by atoms with Gasteiger partial charge in [0.2, 0.25) is 0 Å². The van der Waals surface area contributed by atoms with Gasteiger partial charge in [-0.05, 0) is 51.7 Å². The fourth-order valence-corrected chi connectivity index (χ4v) is 6.55. The van der Waals surface area contributed by atoms with E-state index in [0.717, 1.165) is 16.5 Å². The molecular formula is C26H18BrNO6. The smallest absolute Gasteiger partial charge is 0.257 e. The van der Waals surface area contributed by atoms with E-state index in [4.69, 9.17) is 0 Å². The van der Waals surface area contributed by atoms with Crippen LogP contribution in [0.2, 0.25) is 0 Å². The van der Waals surface area contributed by atoms with E-state index in [-0.39, 0.29) is 39.7 Å². The zero-order valence-corrected chi connectivity index (χ0v) is 19.3. The number of fused-ring (bicyclic) bond motifs is 4. The van der Waals surface area contributed by atoms with Crippen molar-refractivity contribution in [1.29, 1.82) is 0 Å². The van der Waals surface area contributed by atoms with Gasteiger partial charge in [-0.25, -0.2) is 0 Å². The quantitative estimate of drug-likeness (QED) is 0.257. The molecule has 0 aromatic heterocycles. The summed E-state index contributed by atoms with van der Waals surface area (Å²) in [6.07, 6.45) is 3.56. The van der Waals surface area contributed by atoms with Gasteiger partial charge in [-0.2, -0.15) is 5.06 Å². The minimum absolute atomic E-state index is 0.0970. The zero-order valence-electron chi connectivity index (χ0n) is 17.7. The number of hydrogen-bond donors (Lipinski definition) is 2. The van der Waals surface area contributed by atoms with Crippen LogP contribution in [0.3, 0.4) is 0 Å². The molecule has 0 spiro atoms. The highest BCUT2D eigenvalue weighted by Crippen LogP contribution is 2.56. The molecule has 3 aliphatic carbocycles. The monoisotopic (exact) mass is 519 g/mol. The predicted octanol–water partition coefficient (Wildman–Crippen LogP) is 3.70. The summed E-state index contributed by atoms with van der Waals surface area (Å²) >= 11 is 3.20. The molecule has 1 fully saturated rings. The second-order valence-corrected chi connectivity index (χ2v) is 9.96. The molecule has 0 radical (unpaired) electrons. The van der Waals surface area contributed by atoms with Gasteiger partial charge < -0.3 is 5.11 Å². The molecule has 4 aliphatic rings. The number of nitrogens with zero attached hydrogens (tertiary/aromatic N) is 1. The van der Waals surface area contributed by atoms with E-state index in [1.165, 1.54) is 6.08 Å². The van der Waals surface area contributed by atoms with Crippen LogP contribution in [0, 0.1) is 17.8 Å². The van der Waals surface area contributed by atoms with Gasteiger partial charge in [-0.1, -0.05) is 42.0 Å². The lowest BCUT2D eigenvalue weighted by molar-refractivity contribution is -0.173. The van der Waals surface area contributed by atoms with Crippen molar-refractivity contribution in [3.63, 3.8) is 0 Å². The first-order chi connectivity index (χ1) is 16.3. The van der Waals surface area contributed by atoms with Crippen LogP contribution in [-0.4, -0.2) is 38.8 Å². The third-order valence-electron chi connectivity index (χ3n) is 7.55. The highest BCUT2D eigenvalue weighted by molar-refractivity contribution is 9.12. The second kappa shape index (κ2) is 7.32. The Labute approximate surface area is 202 Å². The van der Waals surface area contributed by atoms with Crippen LogP contribution in [0.4, 0.5) is 0 Å². The number of hydrogen-bond acceptors (Lipinski definition) is 6. The van der Waals surface area contributed by atoms with Crippen molar-refractivity contribution in [3.05, 3.63) is 75.3 Å². The molecule has 2 aromatic rings. The predicted molar refractivity (Wildman–Crippen MR) is 124 cm³/mol. The highest BCUT2D eigenvalue weighted by Gasteiger charge is 2.56. The van der Waals surface area contributed by atoms with E-state index in [9.17, 15) is 29.5 Å². The number of hydroxylamine groups is 2. The van der Waals surface area contributed by atoms with Crippen LogP contribution in [0.1, 0.15) is 24.3 Å². The second-order valence-electron chi connectivity index (χ2n) is 9.10. The number of aromatic hydroxyl groups is 1. The third kappa shape index (κ3) is 2.72. The average molecular weight is 520 g/mol. The lowest BCUT2D eigenvalue weighted by atomic mass is 9.59. The Kier molecular flexibility index (Phi) is 4.56. The normalized spacial score (nSPS) is 28.6. The summed E-state index contributed by atoms with van der Waals surface area (Å²) in [5.74, 6) is -4.45. The zero-order chi connectivity index (χ0) is 23.9. The molecule has 7 nitrogen and oxygen atoms in total. The Balaban J connectivity index is 1.62. The topological polar surface area (TPSA) is 112 Å². The van der Waals surface area contributed by atoms with Crippen molar-refractivity contribution in [2.24, 2.45) is 17.8 Å². The Morgan fingerprint density at radius 1 is 0.941 bits per heavy atom. The fourth-order valence-electron chi connectivity index (χ4n) is 6.10. The summed E-state index contributed by atoms with van der Waals surface area (Å²) in [6, 6.07) is 10.6. The standard InChI is InChI=1S/C26H18BrNO6/c27-18-10-20(30)23-17(24(18)31)9-16-14(5-6-15-22(16)26(33)28(34)25(15)32)21(23)13-7-8-19(29)12-4-2-1-3-11(12)13/h1-5,7-8,10,15-16,21-22,29,34H,6,9H2/t15-,16+,21-,22-/m0/s1. The number of amides is 2. The lowest BCUT2D eigenvalue weighted by Crippen LogP contribution is -2.39. The number of allylic oxidation sites excluding steroid dienone is 6. The highest BCUT2D eigenvalue weighted by atomic mass is 79.9. The molecule has 1 saturated heterocycles. The summed E-state index contributed by atoms with van der Waals surface area (Å²) in [6.45, 7) is 0. The molecule has 2 aromatic carbocycles. The van der Waals surface area contributed by atoms with E-state index >= 15 is 0 Å². The number of carbonyl (C=O) groups excluding carboxylic acids is 4. The number of imide groups is 1. The number of Topliss-reactive ketones (excluding diaryl/α,β-unsaturated/α-hetero) is 1. The molecular weight excluding hydrogens is 502 g/mol. The average Bonchev–Trinajstić information content (AvgIpc) is 3.06. The number of phenolic OH excluding ortho intramolecular Hbond substituents is 1. The maximum absolute atomic E-state index is 13.3. The lowest BCUT2D eigenvalue weighted by Gasteiger charge is -2.42. The van der Waals surface area contributed by atoms with Gasteiger partial charge in [0, 0.05) is 28.5 Å². The molecule has 6 rings (SSSR count). The van der Waals surface area contributed by atoms with E-state index in [1.807, 2.05) is 18.2 Å². The summed E-state index contributed by atoms with van der Waals surface area (Å²) in [5, 5.41) is 22.0. The SMILES string of the molecule is O=C1C=C(Br)C(=O)C2=C1[C@@H](c1ccc(O)c3ccccc13)C1=CC[C@@H]3C(=O)N(O)C(=O)[C@@H]3[C@@H]1C2. The molecule has 0 unspecified atom stereocenters. The van der Waals surface area contributed by atoms with Gasteiger partial charge in [-0.3, -0.25) is 24.4 Å². The molecule has 0 bridgehead atoms. The van der Waals surface area contributed by atoms with Crippen LogP contribution in [0.15, 0.2) is 69.8 Å². The maximum atomic E-state index is 13.3. The van der Waals surface area contributed by atoms with Crippen LogP contribution < -0.4 is 0 Å². The molecule has 1 aliphatic heterocycles. The minimum atomic E-state index is -0.801. The van der Waals surface area contributed by atoms with Crippen LogP contribution in [0.5, 0.6) is 5.75 Å². The van der Waals surface area contributed by atoms with Crippen molar-refractivity contribution in [3.8, 4) is 5.75 Å².